The lowest BCUT2D eigenvalue weighted by Gasteiger charge is -2.40. The van der Waals surface area contributed by atoms with Gasteiger partial charge in [-0.1, -0.05) is 48.5 Å². The number of nitrogens with zero attached hydrogens (tertiary/aromatic N) is 24. The number of nitrogens with one attached hydrogen (secondary N) is 2. The summed E-state index contributed by atoms with van der Waals surface area (Å²) in [6.45, 7) is 9.75. The van der Waals surface area contributed by atoms with Crippen molar-refractivity contribution in [1.29, 1.82) is 0 Å². The first-order valence-electron chi connectivity index (χ1n) is 40.9. The molecule has 0 spiro atoms. The predicted octanol–water partition coefficient (Wildman–Crippen LogP) is 23.5. The Morgan fingerprint density at radius 2 is 0.748 bits per heavy atom. The molecule has 0 radical (unpaired) electrons. The first-order valence-corrected chi connectivity index (χ1v) is 46.7. The summed E-state index contributed by atoms with van der Waals surface area (Å²) < 4.78 is 143. The molecule has 40 nitrogen and oxygen atoms in total. The lowest BCUT2D eigenvalue weighted by atomic mass is 10.0. The third kappa shape index (κ3) is 24.8. The maximum absolute atomic E-state index is 12.8. The van der Waals surface area contributed by atoms with Gasteiger partial charge < -0.3 is 30.3 Å². The Hall–Kier alpha value is -15.9. The first kappa shape index (κ1) is 93.7. The van der Waals surface area contributed by atoms with E-state index in [4.69, 9.17) is 34.6 Å². The molecule has 0 amide bonds. The summed E-state index contributed by atoms with van der Waals surface area (Å²) in [6, 6.07) is 66.9. The third-order valence-corrected chi connectivity index (χ3v) is 24.0. The van der Waals surface area contributed by atoms with Crippen LogP contribution < -0.4 is 25.2 Å². The number of aromatic nitrogens is 6. The van der Waals surface area contributed by atoms with Gasteiger partial charge in [0, 0.05) is 67.1 Å². The molecular weight excluding hydrogens is 1810 g/mol. The average Bonchev–Trinajstić information content (AvgIpc) is 0.782. The highest BCUT2D eigenvalue weighted by Crippen LogP contribution is 2.40. The fourth-order valence-electron chi connectivity index (χ4n) is 13.6. The van der Waals surface area contributed by atoms with E-state index in [0.717, 1.165) is 23.3 Å². The number of methoxy groups -OCH3 is 1. The molecular formula is C91H80N26O14S4. The van der Waals surface area contributed by atoms with E-state index in [-0.39, 0.29) is 69.3 Å². The largest absolute Gasteiger partial charge is 0.496 e. The number of aliphatic hydroxyl groups is 1. The van der Waals surface area contributed by atoms with E-state index in [1.54, 1.807) is 147 Å². The zero-order chi connectivity index (χ0) is 95.1. The molecule has 0 bridgehead atoms. The molecule has 1 fully saturated rings. The average molecular weight is 1890 g/mol. The van der Waals surface area contributed by atoms with Crippen LogP contribution in [0.25, 0.3) is 0 Å². The van der Waals surface area contributed by atoms with E-state index < -0.39 is 56.9 Å². The van der Waals surface area contributed by atoms with Crippen LogP contribution in [0.5, 0.6) is 5.75 Å². The van der Waals surface area contributed by atoms with Crippen LogP contribution in [0.2, 0.25) is 0 Å². The second kappa shape index (κ2) is 41.2. The molecule has 1 saturated heterocycles. The van der Waals surface area contributed by atoms with Gasteiger partial charge in [0.1, 0.15) is 38.6 Å². The molecule has 15 rings (SSSR count). The van der Waals surface area contributed by atoms with Crippen molar-refractivity contribution >= 4 is 167 Å². The van der Waals surface area contributed by atoms with Crippen LogP contribution in [-0.4, -0.2) is 120 Å². The number of aryl methyl sites for hydroxylation is 4. The summed E-state index contributed by atoms with van der Waals surface area (Å²) in [4.78, 5) is 32.7. The molecule has 44 heteroatoms. The summed E-state index contributed by atoms with van der Waals surface area (Å²) in [5.41, 5.74) is 10.7. The molecule has 14 aromatic rings. The SMILES string of the molecule is COc1cc(N=Nc2ccc(N=Nc3ccccc3)cc2S(=O)(=O)O)c(C)cc1Cc1nc(Cc2ccc(N=Nc3ccc(N=Nc4ccc(S(=O)(=O)O)cc4)cc3)c(C)c2)nc(N2CCN(c3nc(Nc4ccc(N=Nc5ccc(N=Nc6ccccc6)cc5S(=O)(=O)O)c(C)c4)nc(Nc4cc(C)c(N=Nc5ccc(N=Nc6ccc(S(=O)(=O)O)cc6)cc5)cc4CO)n3)C(C)C2)n1. The first-order chi connectivity index (χ1) is 64.7. The van der Waals surface area contributed by atoms with Gasteiger partial charge in [-0.2, -0.15) is 130 Å². The smallest absolute Gasteiger partial charge is 0.296 e. The Kier molecular flexibility index (Phi) is 28.6. The minimum absolute atomic E-state index is 0.0675. The normalized spacial score (nSPS) is 13.6. The number of ether oxygens (including phenoxy) is 1. The van der Waals surface area contributed by atoms with Crippen LogP contribution in [0.1, 0.15) is 57.5 Å². The van der Waals surface area contributed by atoms with E-state index in [2.05, 4.69) is 92.5 Å². The van der Waals surface area contributed by atoms with Crippen LogP contribution in [0, 0.1) is 27.7 Å². The van der Waals surface area contributed by atoms with E-state index >= 15 is 0 Å². The maximum atomic E-state index is 12.8. The number of aliphatic hydroxyl groups excluding tert-OH is 1. The molecule has 1 atom stereocenters. The highest BCUT2D eigenvalue weighted by Gasteiger charge is 2.31. The standard InChI is InChI=1S/C91H80N26O14S4/c1-55-43-60(17-37-76(55)110-106-67-22-18-65(19-23-67)102-104-69-26-33-74(34-27-69)132(119,120)121)47-86-94-87(49-61-44-56(2)81(52-83(61)131-6)115-113-79-40-32-73(51-85(79)135(128,129)130)109-101-64-15-11-8-12-16-64)96-90(95-86)116-41-42-117(59(5)53-116)91-98-88(92-71-30-38-77(57(3)45-71)111-112-78-39-31-72(50-84(78)134(125,126)127)108-100-63-13-9-7-10-14-63)97-89(99-91)93-82-46-58(4)80(48-62(82)54-118)114-107-68-24-20-66(21-25-68)103-105-70-28-35-75(36-29-70)133(122,123)124/h7-40,43-46,48,50-52,59,118H,41-42,47,49,53-54H2,1-6H3,(H,119,120,121)(H,122,123,124)(H,125,126,127)(H,128,129,130)(H2,92,93,97,98,99). The second-order valence-electron chi connectivity index (χ2n) is 30.4. The Morgan fingerprint density at radius 1 is 0.356 bits per heavy atom. The highest BCUT2D eigenvalue weighted by molar-refractivity contribution is 7.86. The van der Waals surface area contributed by atoms with Gasteiger partial charge in [0.25, 0.3) is 40.5 Å². The van der Waals surface area contributed by atoms with Gasteiger partial charge in [-0.15, -0.1) is 10.2 Å². The molecule has 2 aromatic heterocycles. The van der Waals surface area contributed by atoms with Gasteiger partial charge in [-0.3, -0.25) is 18.2 Å². The van der Waals surface area contributed by atoms with Gasteiger partial charge >= 0.3 is 0 Å². The number of rotatable bonds is 32. The molecule has 1 aliphatic rings. The van der Waals surface area contributed by atoms with Crippen LogP contribution in [-0.2, 0) is 59.9 Å². The van der Waals surface area contributed by atoms with Crippen molar-refractivity contribution in [2.45, 2.75) is 79.7 Å². The van der Waals surface area contributed by atoms with Gasteiger partial charge in [-0.25, -0.2) is 4.98 Å². The van der Waals surface area contributed by atoms with E-state index in [9.17, 15) is 57.0 Å². The zero-order valence-corrected chi connectivity index (χ0v) is 75.6. The molecule has 135 heavy (non-hydrogen) atoms. The Balaban J connectivity index is 0.716. The number of azo groups is 8. The third-order valence-electron chi connectivity index (χ3n) is 20.5. The fourth-order valence-corrected chi connectivity index (χ4v) is 15.8. The topological polar surface area (TPSA) is 553 Å². The molecule has 0 saturated carbocycles. The Labute approximate surface area is 773 Å². The van der Waals surface area contributed by atoms with Crippen LogP contribution in [0.3, 0.4) is 0 Å². The molecule has 1 aliphatic heterocycles. The Morgan fingerprint density at radius 3 is 1.21 bits per heavy atom. The van der Waals surface area contributed by atoms with Crippen molar-refractivity contribution < 1.29 is 61.7 Å². The number of hydrogen-bond donors (Lipinski definition) is 7. The lowest BCUT2D eigenvalue weighted by Crippen LogP contribution is -2.53. The van der Waals surface area contributed by atoms with Gasteiger partial charge in [0.15, 0.2) is 0 Å². The number of piperazine rings is 1. The monoisotopic (exact) mass is 1890 g/mol. The molecule has 1 unspecified atom stereocenters. The maximum Gasteiger partial charge on any atom is 0.296 e. The van der Waals surface area contributed by atoms with Crippen molar-refractivity contribution in [3.63, 3.8) is 0 Å². The van der Waals surface area contributed by atoms with Gasteiger partial charge in [-0.05, 0) is 263 Å². The van der Waals surface area contributed by atoms with Crippen molar-refractivity contribution in [2.24, 2.45) is 81.8 Å². The van der Waals surface area contributed by atoms with E-state index in [1.165, 1.54) is 79.9 Å². The zero-order valence-electron chi connectivity index (χ0n) is 72.3. The number of hydrogen-bond acceptors (Lipinski definition) is 36. The van der Waals surface area contributed by atoms with Crippen LogP contribution in [0.15, 0.2) is 356 Å². The Bertz CT molecular complexity index is 7570. The van der Waals surface area contributed by atoms with E-state index in [1.807, 2.05) is 67.0 Å². The van der Waals surface area contributed by atoms with E-state index in [0.29, 0.717) is 150 Å². The van der Waals surface area contributed by atoms with Crippen molar-refractivity contribution in [3.05, 3.63) is 305 Å². The fraction of sp³-hybridized carbons (Fsp3) is 0.143. The minimum Gasteiger partial charge on any atom is -0.496 e. The van der Waals surface area contributed by atoms with Crippen LogP contribution in [0.4, 0.5) is 126 Å². The molecule has 0 aliphatic carbocycles. The summed E-state index contributed by atoms with van der Waals surface area (Å²) in [7, 11) is -16.9. The molecule has 7 N–H and O–H groups in total. The predicted molar refractivity (Wildman–Crippen MR) is 502 cm³/mol. The summed E-state index contributed by atoms with van der Waals surface area (Å²) in [5.74, 6) is 1.90. The number of benzene rings is 12. The molecule has 3 heterocycles. The molecule has 12 aromatic carbocycles. The summed E-state index contributed by atoms with van der Waals surface area (Å²) in [5, 5.41) is 86.4. The van der Waals surface area contributed by atoms with Crippen molar-refractivity contribution in [1.82, 2.24) is 29.9 Å². The van der Waals surface area contributed by atoms with Crippen molar-refractivity contribution in [2.75, 3.05) is 47.2 Å². The quantitative estimate of drug-likeness (QED) is 0.0152. The van der Waals surface area contributed by atoms with Crippen LogP contribution >= 0.6 is 0 Å². The highest BCUT2D eigenvalue weighted by atomic mass is 32.2. The summed E-state index contributed by atoms with van der Waals surface area (Å²) >= 11 is 0. The van der Waals surface area contributed by atoms with Gasteiger partial charge in [0.05, 0.1) is 103 Å². The lowest BCUT2D eigenvalue weighted by molar-refractivity contribution is 0.282. The minimum atomic E-state index is -4.84. The second-order valence-corrected chi connectivity index (χ2v) is 36.0. The van der Waals surface area contributed by atoms with Gasteiger partial charge in [0.2, 0.25) is 23.8 Å². The number of anilines is 6. The summed E-state index contributed by atoms with van der Waals surface area (Å²) in [6.07, 6.45) is 0.345. The van der Waals surface area contributed by atoms with Crippen molar-refractivity contribution in [3.8, 4) is 5.75 Å². The molecule has 682 valence electrons.